The van der Waals surface area contributed by atoms with Gasteiger partial charge in [0.25, 0.3) is 0 Å². The number of nitrogens with one attached hydrogen (secondary N) is 1. The van der Waals surface area contributed by atoms with Crippen molar-refractivity contribution in [1.82, 2.24) is 9.38 Å². The highest BCUT2D eigenvalue weighted by atomic mass is 35.5. The highest BCUT2D eigenvalue weighted by Gasteiger charge is 2.29. The third kappa shape index (κ3) is 4.65. The summed E-state index contributed by atoms with van der Waals surface area (Å²) in [6, 6.07) is 14.4. The summed E-state index contributed by atoms with van der Waals surface area (Å²) in [7, 11) is 0. The van der Waals surface area contributed by atoms with Crippen LogP contribution >= 0.6 is 11.6 Å². The maximum absolute atomic E-state index is 6.30. The van der Waals surface area contributed by atoms with Gasteiger partial charge in [-0.2, -0.15) is 0 Å². The van der Waals surface area contributed by atoms with Crippen molar-refractivity contribution in [3.8, 4) is 0 Å². The number of benzene rings is 1. The highest BCUT2D eigenvalue weighted by molar-refractivity contribution is 6.30. The minimum atomic E-state index is -0.0817. The van der Waals surface area contributed by atoms with E-state index in [1.165, 1.54) is 5.56 Å². The molecule has 1 aromatic carbocycles. The molecule has 3 aromatic rings. The predicted octanol–water partition coefficient (Wildman–Crippen LogP) is 6.77. The summed E-state index contributed by atoms with van der Waals surface area (Å²) in [5.74, 6) is 1.20. The van der Waals surface area contributed by atoms with E-state index in [0.29, 0.717) is 5.02 Å². The van der Waals surface area contributed by atoms with E-state index in [2.05, 4.69) is 75.5 Å². The highest BCUT2D eigenvalue weighted by Crippen LogP contribution is 2.35. The van der Waals surface area contributed by atoms with Crippen LogP contribution in [0.4, 0.5) is 5.82 Å². The molecule has 4 heteroatoms. The van der Waals surface area contributed by atoms with Crippen molar-refractivity contribution in [3.63, 3.8) is 0 Å². The number of halogens is 1. The lowest BCUT2D eigenvalue weighted by molar-refractivity contribution is 0.301. The molecule has 27 heavy (non-hydrogen) atoms. The number of pyridine rings is 1. The molecule has 2 heterocycles. The van der Waals surface area contributed by atoms with Gasteiger partial charge < -0.3 is 5.32 Å². The van der Waals surface area contributed by atoms with Gasteiger partial charge in [0, 0.05) is 17.7 Å². The van der Waals surface area contributed by atoms with Crippen LogP contribution in [0, 0.1) is 5.41 Å². The molecule has 0 radical (unpaired) electrons. The Morgan fingerprint density at radius 2 is 1.70 bits per heavy atom. The Kier molecular flexibility index (Phi) is 5.27. The number of aromatic nitrogens is 2. The van der Waals surface area contributed by atoms with Gasteiger partial charge in [0.05, 0.1) is 10.7 Å². The summed E-state index contributed by atoms with van der Waals surface area (Å²) in [4.78, 5) is 4.95. The minimum Gasteiger partial charge on any atom is -0.365 e. The lowest BCUT2D eigenvalue weighted by Crippen LogP contribution is -2.36. The van der Waals surface area contributed by atoms with Gasteiger partial charge in [-0.3, -0.25) is 4.40 Å². The van der Waals surface area contributed by atoms with Gasteiger partial charge in [0.1, 0.15) is 11.5 Å². The first-order chi connectivity index (χ1) is 12.6. The average Bonchev–Trinajstić information content (AvgIpc) is 2.90. The summed E-state index contributed by atoms with van der Waals surface area (Å²) < 4.78 is 2.08. The monoisotopic (exact) mass is 383 g/mol. The van der Waals surface area contributed by atoms with Crippen LogP contribution in [0.2, 0.25) is 5.02 Å². The van der Waals surface area contributed by atoms with Crippen LogP contribution < -0.4 is 5.32 Å². The zero-order valence-electron chi connectivity index (χ0n) is 17.2. The van der Waals surface area contributed by atoms with Gasteiger partial charge in [-0.05, 0) is 43.4 Å². The second kappa shape index (κ2) is 7.20. The zero-order valence-corrected chi connectivity index (χ0v) is 17.9. The smallest absolute Gasteiger partial charge is 0.138 e. The largest absolute Gasteiger partial charge is 0.365 e. The van der Waals surface area contributed by atoms with Gasteiger partial charge in [-0.15, -0.1) is 0 Å². The van der Waals surface area contributed by atoms with Crippen LogP contribution in [0.15, 0.2) is 48.7 Å². The molecule has 144 valence electrons. The van der Waals surface area contributed by atoms with E-state index in [0.717, 1.165) is 23.6 Å². The molecule has 3 nitrogen and oxygen atoms in total. The lowest BCUT2D eigenvalue weighted by atomic mass is 9.81. The van der Waals surface area contributed by atoms with Crippen LogP contribution in [0.1, 0.15) is 65.1 Å². The third-order valence-corrected chi connectivity index (χ3v) is 4.97. The summed E-state index contributed by atoms with van der Waals surface area (Å²) >= 11 is 6.30. The van der Waals surface area contributed by atoms with Crippen molar-refractivity contribution in [1.29, 1.82) is 0 Å². The molecule has 0 bridgehead atoms. The Morgan fingerprint density at radius 1 is 1.04 bits per heavy atom. The second-order valence-electron chi connectivity index (χ2n) is 9.30. The zero-order chi connectivity index (χ0) is 19.8. The molecule has 1 atom stereocenters. The number of nitrogens with zero attached hydrogens (tertiary/aromatic N) is 2. The van der Waals surface area contributed by atoms with Crippen LogP contribution in [-0.2, 0) is 0 Å². The Bertz CT molecular complexity index is 920. The minimum absolute atomic E-state index is 0.0817. The van der Waals surface area contributed by atoms with Gasteiger partial charge >= 0.3 is 0 Å². The summed E-state index contributed by atoms with van der Waals surface area (Å²) in [6.07, 6.45) is 2.98. The fourth-order valence-corrected chi connectivity index (χ4v) is 4.21. The summed E-state index contributed by atoms with van der Waals surface area (Å²) in [5, 5.41) is 4.49. The molecule has 0 aliphatic rings. The SMILES string of the molecule is CC(c1ccccc1)c1nc2ccc(Cl)cn2c1NC(C)(C)CC(C)(C)C. The fourth-order valence-electron chi connectivity index (χ4n) is 4.05. The number of fused-ring (bicyclic) bond motifs is 1. The van der Waals surface area contributed by atoms with E-state index >= 15 is 0 Å². The third-order valence-electron chi connectivity index (χ3n) is 4.75. The number of anilines is 1. The molecule has 0 aliphatic carbocycles. The summed E-state index contributed by atoms with van der Waals surface area (Å²) in [6.45, 7) is 13.5. The molecule has 3 rings (SSSR count). The summed E-state index contributed by atoms with van der Waals surface area (Å²) in [5.41, 5.74) is 3.35. The normalized spacial score (nSPS) is 13.7. The topological polar surface area (TPSA) is 29.3 Å². The number of hydrogen-bond donors (Lipinski definition) is 1. The van der Waals surface area contributed by atoms with Crippen molar-refractivity contribution in [2.75, 3.05) is 5.32 Å². The standard InChI is InChI=1S/C23H30ClN3/c1-16(17-10-8-7-9-11-17)20-21(26-23(5,6)15-22(2,3)4)27-14-18(24)12-13-19(27)25-20/h7-14,16,26H,15H2,1-6H3. The van der Waals surface area contributed by atoms with Gasteiger partial charge in [0.15, 0.2) is 0 Å². The van der Waals surface area contributed by atoms with Gasteiger partial charge in [-0.1, -0.05) is 69.6 Å². The Labute approximate surface area is 167 Å². The first kappa shape index (κ1) is 19.8. The number of hydrogen-bond acceptors (Lipinski definition) is 2. The molecule has 0 aliphatic heterocycles. The molecule has 1 unspecified atom stereocenters. The van der Waals surface area contributed by atoms with Crippen LogP contribution in [0.3, 0.4) is 0 Å². The van der Waals surface area contributed by atoms with Crippen LogP contribution in [0.5, 0.6) is 0 Å². The van der Waals surface area contributed by atoms with Crippen molar-refractivity contribution in [2.45, 2.75) is 59.4 Å². The molecule has 1 N–H and O–H groups in total. The van der Waals surface area contributed by atoms with E-state index < -0.39 is 0 Å². The quantitative estimate of drug-likeness (QED) is 0.526. The Hall–Kier alpha value is -2.00. The van der Waals surface area contributed by atoms with Crippen molar-refractivity contribution in [2.24, 2.45) is 5.41 Å². The number of imidazole rings is 1. The maximum atomic E-state index is 6.30. The van der Waals surface area contributed by atoms with Crippen molar-refractivity contribution in [3.05, 3.63) is 64.9 Å². The average molecular weight is 384 g/mol. The molecule has 0 saturated heterocycles. The lowest BCUT2D eigenvalue weighted by Gasteiger charge is -2.34. The molecule has 0 amide bonds. The first-order valence-electron chi connectivity index (χ1n) is 9.56. The Morgan fingerprint density at radius 3 is 2.33 bits per heavy atom. The molecule has 0 fully saturated rings. The van der Waals surface area contributed by atoms with Gasteiger partial charge in [0.2, 0.25) is 0 Å². The first-order valence-corrected chi connectivity index (χ1v) is 9.94. The Balaban J connectivity index is 2.10. The molecular weight excluding hydrogens is 354 g/mol. The fraction of sp³-hybridized carbons (Fsp3) is 0.435. The predicted molar refractivity (Wildman–Crippen MR) is 116 cm³/mol. The van der Waals surface area contributed by atoms with E-state index in [1.54, 1.807) is 0 Å². The van der Waals surface area contributed by atoms with E-state index in [9.17, 15) is 0 Å². The maximum Gasteiger partial charge on any atom is 0.138 e. The van der Waals surface area contributed by atoms with Crippen molar-refractivity contribution >= 4 is 23.1 Å². The number of rotatable bonds is 5. The second-order valence-corrected chi connectivity index (χ2v) is 9.74. The van der Waals surface area contributed by atoms with E-state index in [4.69, 9.17) is 16.6 Å². The van der Waals surface area contributed by atoms with Crippen molar-refractivity contribution < 1.29 is 0 Å². The van der Waals surface area contributed by atoms with Crippen LogP contribution in [0.25, 0.3) is 5.65 Å². The van der Waals surface area contributed by atoms with Gasteiger partial charge in [-0.25, -0.2) is 4.98 Å². The molecule has 2 aromatic heterocycles. The molecule has 0 saturated carbocycles. The molecular formula is C23H30ClN3. The molecule has 0 spiro atoms. The van der Waals surface area contributed by atoms with Crippen LogP contribution in [-0.4, -0.2) is 14.9 Å². The van der Waals surface area contributed by atoms with E-state index in [1.807, 2.05) is 24.4 Å². The van der Waals surface area contributed by atoms with E-state index in [-0.39, 0.29) is 16.9 Å².